The Bertz CT molecular complexity index is 451. The number of rotatable bonds is 5. The van der Waals surface area contributed by atoms with Gasteiger partial charge in [0.2, 0.25) is 5.88 Å². The van der Waals surface area contributed by atoms with E-state index in [-0.39, 0.29) is 5.60 Å². The lowest BCUT2D eigenvalue weighted by Crippen LogP contribution is -2.40. The minimum absolute atomic E-state index is 0.112. The lowest BCUT2D eigenvalue weighted by Gasteiger charge is -2.36. The molecule has 6 nitrogen and oxygen atoms in total. The van der Waals surface area contributed by atoms with Gasteiger partial charge in [0.1, 0.15) is 12.0 Å². The molecule has 0 radical (unpaired) electrons. The molecule has 20 heavy (non-hydrogen) atoms. The number of anilines is 2. The van der Waals surface area contributed by atoms with E-state index in [4.69, 9.17) is 15.2 Å². The van der Waals surface area contributed by atoms with E-state index in [1.807, 2.05) is 6.92 Å². The van der Waals surface area contributed by atoms with Crippen molar-refractivity contribution in [1.29, 1.82) is 0 Å². The fraction of sp³-hybridized carbons (Fsp3) is 0.714. The van der Waals surface area contributed by atoms with E-state index >= 15 is 0 Å². The highest BCUT2D eigenvalue weighted by Gasteiger charge is 2.29. The molecule has 2 heterocycles. The van der Waals surface area contributed by atoms with E-state index in [1.54, 1.807) is 0 Å². The third-order valence-corrected chi connectivity index (χ3v) is 3.33. The average Bonchev–Trinajstić information content (AvgIpc) is 2.39. The average molecular weight is 280 g/mol. The molecule has 1 aromatic heterocycles. The van der Waals surface area contributed by atoms with Gasteiger partial charge in [0.25, 0.3) is 0 Å². The van der Waals surface area contributed by atoms with E-state index in [0.717, 1.165) is 25.9 Å². The molecule has 0 amide bonds. The van der Waals surface area contributed by atoms with Crippen molar-refractivity contribution in [1.82, 2.24) is 9.97 Å². The van der Waals surface area contributed by atoms with Crippen LogP contribution in [0.3, 0.4) is 0 Å². The minimum atomic E-state index is -0.112. The lowest BCUT2D eigenvalue weighted by atomic mass is 9.94. The SMILES string of the molecule is CCCOc1ncnc(NC2CCOC(C)(C)C2)c1N. The number of ether oxygens (including phenoxy) is 2. The first-order valence-corrected chi connectivity index (χ1v) is 7.15. The molecule has 3 N–H and O–H groups in total. The van der Waals surface area contributed by atoms with Gasteiger partial charge in [0.15, 0.2) is 5.82 Å². The standard InChI is InChI=1S/C14H24N4O2/c1-4-6-19-13-11(15)12(16-9-17-13)18-10-5-7-20-14(2,3)8-10/h9-10H,4-8,15H2,1-3H3,(H,16,17,18). The molecule has 0 spiro atoms. The number of nitrogens with two attached hydrogens (primary N) is 1. The molecule has 1 saturated heterocycles. The van der Waals surface area contributed by atoms with Gasteiger partial charge in [-0.3, -0.25) is 0 Å². The van der Waals surface area contributed by atoms with Crippen molar-refractivity contribution in [2.75, 3.05) is 24.3 Å². The summed E-state index contributed by atoms with van der Waals surface area (Å²) in [4.78, 5) is 8.30. The van der Waals surface area contributed by atoms with E-state index in [1.165, 1.54) is 6.33 Å². The predicted octanol–water partition coefficient (Wildman–Crippen LogP) is 2.22. The molecule has 2 rings (SSSR count). The van der Waals surface area contributed by atoms with E-state index < -0.39 is 0 Å². The zero-order valence-corrected chi connectivity index (χ0v) is 12.5. The van der Waals surface area contributed by atoms with Crippen LogP contribution in [-0.2, 0) is 4.74 Å². The number of hydrogen-bond acceptors (Lipinski definition) is 6. The molecule has 6 heteroatoms. The van der Waals surface area contributed by atoms with Crippen LogP contribution in [0.2, 0.25) is 0 Å². The second-order valence-corrected chi connectivity index (χ2v) is 5.73. The molecule has 0 saturated carbocycles. The fourth-order valence-corrected chi connectivity index (χ4v) is 2.36. The minimum Gasteiger partial charge on any atom is -0.476 e. The van der Waals surface area contributed by atoms with Crippen LogP contribution in [0.5, 0.6) is 5.88 Å². The Kier molecular flexibility index (Phi) is 4.65. The lowest BCUT2D eigenvalue weighted by molar-refractivity contribution is -0.0553. The van der Waals surface area contributed by atoms with Gasteiger partial charge in [-0.2, -0.15) is 4.98 Å². The number of aromatic nitrogens is 2. The molecular weight excluding hydrogens is 256 g/mol. The predicted molar refractivity (Wildman–Crippen MR) is 78.9 cm³/mol. The summed E-state index contributed by atoms with van der Waals surface area (Å²) in [6.45, 7) is 7.58. The number of nitrogens with zero attached hydrogens (tertiary/aromatic N) is 2. The topological polar surface area (TPSA) is 82.3 Å². The van der Waals surface area contributed by atoms with Crippen LogP contribution in [0.25, 0.3) is 0 Å². The first-order chi connectivity index (χ1) is 9.52. The summed E-state index contributed by atoms with van der Waals surface area (Å²) in [7, 11) is 0. The molecule has 112 valence electrons. The third-order valence-electron chi connectivity index (χ3n) is 3.33. The molecule has 1 aliphatic rings. The van der Waals surface area contributed by atoms with Crippen LogP contribution in [0, 0.1) is 0 Å². The maximum atomic E-state index is 6.07. The smallest absolute Gasteiger partial charge is 0.242 e. The van der Waals surface area contributed by atoms with Crippen LogP contribution in [-0.4, -0.2) is 34.8 Å². The second-order valence-electron chi connectivity index (χ2n) is 5.73. The van der Waals surface area contributed by atoms with Crippen molar-refractivity contribution in [2.45, 2.75) is 51.7 Å². The van der Waals surface area contributed by atoms with Crippen LogP contribution < -0.4 is 15.8 Å². The monoisotopic (exact) mass is 280 g/mol. The van der Waals surface area contributed by atoms with E-state index in [0.29, 0.717) is 30.0 Å². The number of nitrogen functional groups attached to an aromatic ring is 1. The molecule has 1 fully saturated rings. The zero-order chi connectivity index (χ0) is 14.6. The second kappa shape index (κ2) is 6.26. The molecular formula is C14H24N4O2. The highest BCUT2D eigenvalue weighted by molar-refractivity contribution is 5.66. The van der Waals surface area contributed by atoms with Crippen molar-refractivity contribution < 1.29 is 9.47 Å². The Morgan fingerprint density at radius 1 is 1.50 bits per heavy atom. The van der Waals surface area contributed by atoms with Crippen LogP contribution in [0.15, 0.2) is 6.33 Å². The van der Waals surface area contributed by atoms with Crippen molar-refractivity contribution in [2.24, 2.45) is 0 Å². The largest absolute Gasteiger partial charge is 0.476 e. The molecule has 1 aliphatic heterocycles. The van der Waals surface area contributed by atoms with E-state index in [9.17, 15) is 0 Å². The van der Waals surface area contributed by atoms with Gasteiger partial charge in [-0.15, -0.1) is 0 Å². The van der Waals surface area contributed by atoms with Gasteiger partial charge in [-0.25, -0.2) is 4.98 Å². The third kappa shape index (κ3) is 3.72. The van der Waals surface area contributed by atoms with Crippen LogP contribution in [0.4, 0.5) is 11.5 Å². The summed E-state index contributed by atoms with van der Waals surface area (Å²) in [5.41, 5.74) is 6.43. The van der Waals surface area contributed by atoms with Crippen LogP contribution in [0.1, 0.15) is 40.0 Å². The van der Waals surface area contributed by atoms with Gasteiger partial charge < -0.3 is 20.5 Å². The number of hydrogen-bond donors (Lipinski definition) is 2. The highest BCUT2D eigenvalue weighted by Crippen LogP contribution is 2.30. The summed E-state index contributed by atoms with van der Waals surface area (Å²) >= 11 is 0. The Balaban J connectivity index is 2.05. The van der Waals surface area contributed by atoms with Gasteiger partial charge in [-0.1, -0.05) is 6.92 Å². The zero-order valence-electron chi connectivity index (χ0n) is 12.5. The highest BCUT2D eigenvalue weighted by atomic mass is 16.5. The van der Waals surface area contributed by atoms with Crippen LogP contribution >= 0.6 is 0 Å². The summed E-state index contributed by atoms with van der Waals surface area (Å²) in [5, 5.41) is 3.39. The van der Waals surface area contributed by atoms with Crippen molar-refractivity contribution >= 4 is 11.5 Å². The Labute approximate surface area is 120 Å². The van der Waals surface area contributed by atoms with Gasteiger partial charge in [0.05, 0.1) is 12.2 Å². The van der Waals surface area contributed by atoms with Crippen molar-refractivity contribution in [3.05, 3.63) is 6.33 Å². The summed E-state index contributed by atoms with van der Waals surface area (Å²) < 4.78 is 11.2. The molecule has 1 aromatic rings. The molecule has 1 atom stereocenters. The molecule has 0 aliphatic carbocycles. The molecule has 1 unspecified atom stereocenters. The van der Waals surface area contributed by atoms with Gasteiger partial charge >= 0.3 is 0 Å². The maximum absolute atomic E-state index is 6.07. The molecule has 0 bridgehead atoms. The summed E-state index contributed by atoms with van der Waals surface area (Å²) in [6, 6.07) is 0.301. The quantitative estimate of drug-likeness (QED) is 0.860. The van der Waals surface area contributed by atoms with Gasteiger partial charge in [-0.05, 0) is 33.1 Å². The Hall–Kier alpha value is -1.56. The number of nitrogens with one attached hydrogen (secondary N) is 1. The Morgan fingerprint density at radius 3 is 3.00 bits per heavy atom. The first-order valence-electron chi connectivity index (χ1n) is 7.15. The summed E-state index contributed by atoms with van der Waals surface area (Å²) in [6.07, 6.45) is 4.26. The summed E-state index contributed by atoms with van der Waals surface area (Å²) in [5.74, 6) is 1.10. The normalized spacial score (nSPS) is 21.4. The van der Waals surface area contributed by atoms with Gasteiger partial charge in [0, 0.05) is 12.6 Å². The maximum Gasteiger partial charge on any atom is 0.242 e. The molecule has 0 aromatic carbocycles. The first kappa shape index (κ1) is 14.8. The van der Waals surface area contributed by atoms with Crippen molar-refractivity contribution in [3.63, 3.8) is 0 Å². The van der Waals surface area contributed by atoms with E-state index in [2.05, 4.69) is 29.1 Å². The van der Waals surface area contributed by atoms with Crippen molar-refractivity contribution in [3.8, 4) is 5.88 Å². The Morgan fingerprint density at radius 2 is 2.30 bits per heavy atom. The fourth-order valence-electron chi connectivity index (χ4n) is 2.36.